The fourth-order valence-electron chi connectivity index (χ4n) is 2.33. The van der Waals surface area contributed by atoms with Gasteiger partial charge in [0.1, 0.15) is 17.9 Å². The van der Waals surface area contributed by atoms with Crippen LogP contribution in [-0.4, -0.2) is 21.6 Å². The van der Waals surface area contributed by atoms with Crippen LogP contribution in [0.3, 0.4) is 0 Å². The minimum Gasteiger partial charge on any atom is -0.486 e. The number of nitrogens with one attached hydrogen (secondary N) is 1. The van der Waals surface area contributed by atoms with Crippen molar-refractivity contribution < 1.29 is 4.74 Å². The van der Waals surface area contributed by atoms with Gasteiger partial charge in [0.25, 0.3) is 0 Å². The van der Waals surface area contributed by atoms with Gasteiger partial charge in [-0.25, -0.2) is 5.43 Å². The summed E-state index contributed by atoms with van der Waals surface area (Å²) in [5, 5.41) is 4.24. The maximum absolute atomic E-state index is 6.09. The highest BCUT2D eigenvalue weighted by Gasteiger charge is 2.31. The first kappa shape index (κ1) is 13.9. The fraction of sp³-hybridized carbons (Fsp3) is 0.308. The normalized spacial score (nSPS) is 19.2. The summed E-state index contributed by atoms with van der Waals surface area (Å²) in [4.78, 5) is 1.17. The lowest BCUT2D eigenvalue weighted by Gasteiger charge is -2.31. The Hall–Kier alpha value is -1.02. The number of para-hydroxylation sites is 1. The van der Waals surface area contributed by atoms with E-state index in [0.717, 1.165) is 21.7 Å². The van der Waals surface area contributed by atoms with Crippen molar-refractivity contribution in [3.8, 4) is 5.75 Å². The maximum Gasteiger partial charge on any atom is 0.133 e. The van der Waals surface area contributed by atoms with Crippen LogP contribution >= 0.6 is 27.7 Å². The molecule has 0 saturated heterocycles. The third-order valence-electron chi connectivity index (χ3n) is 3.31. The number of hydrogen-bond acceptors (Lipinski definition) is 5. The molecule has 20 heavy (non-hydrogen) atoms. The number of hydrogen-bond donors (Lipinski definition) is 2. The van der Waals surface area contributed by atoms with Crippen molar-refractivity contribution in [1.82, 2.24) is 15.2 Å². The van der Waals surface area contributed by atoms with Crippen molar-refractivity contribution in [1.29, 1.82) is 0 Å². The van der Waals surface area contributed by atoms with Gasteiger partial charge in [0.05, 0.1) is 16.4 Å². The Balaban J connectivity index is 1.89. The van der Waals surface area contributed by atoms with E-state index in [2.05, 4.69) is 32.5 Å². The highest BCUT2D eigenvalue weighted by Crippen LogP contribution is 2.38. The van der Waals surface area contributed by atoms with Crippen LogP contribution in [-0.2, 0) is 7.05 Å². The molecule has 2 unspecified atom stereocenters. The molecular formula is C13H15BrN4OS. The number of ether oxygens (including phenoxy) is 1. The van der Waals surface area contributed by atoms with Gasteiger partial charge in [-0.05, 0) is 28.1 Å². The zero-order valence-electron chi connectivity index (χ0n) is 10.9. The van der Waals surface area contributed by atoms with Crippen molar-refractivity contribution in [2.75, 3.05) is 5.75 Å². The largest absolute Gasteiger partial charge is 0.486 e. The van der Waals surface area contributed by atoms with Crippen LogP contribution in [0.5, 0.6) is 5.75 Å². The number of nitrogens with zero attached hydrogens (tertiary/aromatic N) is 2. The molecule has 7 heteroatoms. The van der Waals surface area contributed by atoms with Crippen molar-refractivity contribution in [3.05, 3.63) is 40.6 Å². The first-order valence-electron chi connectivity index (χ1n) is 6.22. The second kappa shape index (κ2) is 5.77. The van der Waals surface area contributed by atoms with E-state index < -0.39 is 0 Å². The lowest BCUT2D eigenvalue weighted by molar-refractivity contribution is 0.162. The Morgan fingerprint density at radius 3 is 3.05 bits per heavy atom. The molecule has 1 aliphatic heterocycles. The number of halogens is 1. The van der Waals surface area contributed by atoms with E-state index in [1.165, 1.54) is 4.90 Å². The SMILES string of the molecule is Cn1ncc(Br)c1C(NN)C1CSc2ccccc2O1. The van der Waals surface area contributed by atoms with E-state index in [1.54, 1.807) is 18.0 Å². The number of thioether (sulfide) groups is 1. The molecule has 2 atom stereocenters. The molecule has 2 heterocycles. The molecule has 1 aromatic carbocycles. The minimum atomic E-state index is -0.127. The zero-order chi connectivity index (χ0) is 14.1. The zero-order valence-corrected chi connectivity index (χ0v) is 13.3. The number of aryl methyl sites for hydroxylation is 1. The second-order valence-electron chi connectivity index (χ2n) is 4.56. The summed E-state index contributed by atoms with van der Waals surface area (Å²) in [6.07, 6.45) is 1.72. The van der Waals surface area contributed by atoms with Crippen molar-refractivity contribution >= 4 is 27.7 Å². The molecule has 5 nitrogen and oxygen atoms in total. The number of fused-ring (bicyclic) bond motifs is 1. The number of benzene rings is 1. The number of nitrogens with two attached hydrogens (primary N) is 1. The van der Waals surface area contributed by atoms with Crippen LogP contribution < -0.4 is 16.0 Å². The summed E-state index contributed by atoms with van der Waals surface area (Å²) in [5.41, 5.74) is 3.84. The van der Waals surface area contributed by atoms with Gasteiger partial charge in [0.15, 0.2) is 0 Å². The Morgan fingerprint density at radius 1 is 1.55 bits per heavy atom. The van der Waals surface area contributed by atoms with E-state index in [4.69, 9.17) is 10.6 Å². The third kappa shape index (κ3) is 2.46. The number of aromatic nitrogens is 2. The number of hydrazine groups is 1. The molecule has 0 amide bonds. The molecule has 1 aliphatic rings. The van der Waals surface area contributed by atoms with E-state index in [-0.39, 0.29) is 12.1 Å². The van der Waals surface area contributed by atoms with Gasteiger partial charge < -0.3 is 4.74 Å². The lowest BCUT2D eigenvalue weighted by Crippen LogP contribution is -2.43. The summed E-state index contributed by atoms with van der Waals surface area (Å²) < 4.78 is 8.83. The first-order valence-corrected chi connectivity index (χ1v) is 8.00. The predicted molar refractivity (Wildman–Crippen MR) is 82.6 cm³/mol. The second-order valence-corrected chi connectivity index (χ2v) is 6.48. The molecule has 106 valence electrons. The average molecular weight is 355 g/mol. The monoisotopic (exact) mass is 354 g/mol. The topological polar surface area (TPSA) is 65.1 Å². The summed E-state index contributed by atoms with van der Waals surface area (Å²) in [6, 6.07) is 7.93. The summed E-state index contributed by atoms with van der Waals surface area (Å²) >= 11 is 5.30. The van der Waals surface area contributed by atoms with E-state index in [9.17, 15) is 0 Å². The third-order valence-corrected chi connectivity index (χ3v) is 5.07. The van der Waals surface area contributed by atoms with E-state index in [0.29, 0.717) is 0 Å². The molecule has 3 N–H and O–H groups in total. The quantitative estimate of drug-likeness (QED) is 0.653. The highest BCUT2D eigenvalue weighted by molar-refractivity contribution is 9.10. The molecule has 3 rings (SSSR count). The van der Waals surface area contributed by atoms with E-state index >= 15 is 0 Å². The molecule has 2 aromatic rings. The van der Waals surface area contributed by atoms with Gasteiger partial charge in [-0.2, -0.15) is 5.10 Å². The predicted octanol–water partition coefficient (Wildman–Crippen LogP) is 2.24. The molecular weight excluding hydrogens is 340 g/mol. The Labute approximate surface area is 130 Å². The Bertz CT molecular complexity index is 599. The number of rotatable bonds is 3. The molecule has 0 radical (unpaired) electrons. The molecule has 0 aliphatic carbocycles. The van der Waals surface area contributed by atoms with Gasteiger partial charge in [-0.3, -0.25) is 10.5 Å². The summed E-state index contributed by atoms with van der Waals surface area (Å²) in [5.74, 6) is 7.50. The smallest absolute Gasteiger partial charge is 0.133 e. The lowest BCUT2D eigenvalue weighted by atomic mass is 10.1. The molecule has 0 spiro atoms. The maximum atomic E-state index is 6.09. The van der Waals surface area contributed by atoms with Crippen LogP contribution in [0.15, 0.2) is 39.8 Å². The molecule has 0 bridgehead atoms. The average Bonchev–Trinajstić information content (AvgIpc) is 2.80. The summed E-state index contributed by atoms with van der Waals surface area (Å²) in [6.45, 7) is 0. The van der Waals surface area contributed by atoms with Crippen LogP contribution in [0.1, 0.15) is 11.7 Å². The fourth-order valence-corrected chi connectivity index (χ4v) is 3.96. The van der Waals surface area contributed by atoms with Gasteiger partial charge in [-0.1, -0.05) is 12.1 Å². The van der Waals surface area contributed by atoms with Crippen LogP contribution in [0, 0.1) is 0 Å². The molecule has 0 fully saturated rings. The van der Waals surface area contributed by atoms with Crippen LogP contribution in [0.25, 0.3) is 0 Å². The van der Waals surface area contributed by atoms with Gasteiger partial charge in [0.2, 0.25) is 0 Å². The van der Waals surface area contributed by atoms with Crippen molar-refractivity contribution in [2.45, 2.75) is 17.0 Å². The highest BCUT2D eigenvalue weighted by atomic mass is 79.9. The Morgan fingerprint density at radius 2 is 2.35 bits per heavy atom. The molecule has 1 aromatic heterocycles. The van der Waals surface area contributed by atoms with Crippen molar-refractivity contribution in [3.63, 3.8) is 0 Å². The van der Waals surface area contributed by atoms with E-state index in [1.807, 2.05) is 29.9 Å². The minimum absolute atomic E-state index is 0.0494. The standard InChI is InChI=1S/C13H15BrN4OS/c1-18-13(8(14)6-16-18)12(17-15)10-7-20-11-5-3-2-4-9(11)19-10/h2-6,10,12,17H,7,15H2,1H3. The first-order chi connectivity index (χ1) is 9.70. The summed E-state index contributed by atoms with van der Waals surface area (Å²) in [7, 11) is 1.90. The molecule has 0 saturated carbocycles. The van der Waals surface area contributed by atoms with Crippen LogP contribution in [0.2, 0.25) is 0 Å². The van der Waals surface area contributed by atoms with Gasteiger partial charge in [0, 0.05) is 17.7 Å². The van der Waals surface area contributed by atoms with Gasteiger partial charge >= 0.3 is 0 Å². The van der Waals surface area contributed by atoms with Crippen LogP contribution in [0.4, 0.5) is 0 Å². The van der Waals surface area contributed by atoms with Gasteiger partial charge in [-0.15, -0.1) is 11.8 Å². The van der Waals surface area contributed by atoms with Crippen molar-refractivity contribution in [2.24, 2.45) is 12.9 Å². The Kier molecular flexibility index (Phi) is 4.02.